The maximum absolute atomic E-state index is 4.90. The van der Waals surface area contributed by atoms with Gasteiger partial charge < -0.3 is 9.55 Å². The molecule has 6 aromatic rings. The molecular formula is C23H18N8. The van der Waals surface area contributed by atoms with E-state index in [-0.39, 0.29) is 0 Å². The summed E-state index contributed by atoms with van der Waals surface area (Å²) in [7, 11) is 1.99. The summed E-state index contributed by atoms with van der Waals surface area (Å²) in [5.74, 6) is 0.939. The zero-order valence-electron chi connectivity index (χ0n) is 17.0. The average Bonchev–Trinajstić information content (AvgIpc) is 3.50. The molecule has 0 saturated heterocycles. The van der Waals surface area contributed by atoms with Gasteiger partial charge >= 0.3 is 0 Å². The molecule has 0 saturated carbocycles. The number of fused-ring (bicyclic) bond motifs is 2. The van der Waals surface area contributed by atoms with Gasteiger partial charge in [-0.05, 0) is 43.3 Å². The molecule has 0 fully saturated rings. The molecule has 8 heteroatoms. The van der Waals surface area contributed by atoms with Crippen molar-refractivity contribution >= 4 is 21.9 Å². The van der Waals surface area contributed by atoms with Gasteiger partial charge in [0.1, 0.15) is 17.0 Å². The molecule has 0 spiro atoms. The van der Waals surface area contributed by atoms with E-state index in [1.807, 2.05) is 61.1 Å². The van der Waals surface area contributed by atoms with Crippen LogP contribution in [0.1, 0.15) is 5.82 Å². The van der Waals surface area contributed by atoms with Crippen LogP contribution in [0.15, 0.2) is 61.1 Å². The Bertz CT molecular complexity index is 1560. The van der Waals surface area contributed by atoms with Crippen LogP contribution >= 0.6 is 0 Å². The second-order valence-corrected chi connectivity index (χ2v) is 7.43. The molecule has 0 aliphatic rings. The van der Waals surface area contributed by atoms with E-state index in [0.29, 0.717) is 0 Å². The minimum absolute atomic E-state index is 0.763. The van der Waals surface area contributed by atoms with Crippen molar-refractivity contribution in [3.63, 3.8) is 0 Å². The normalized spacial score (nSPS) is 11.5. The number of nitrogens with one attached hydrogen (secondary N) is 2. The first-order valence-corrected chi connectivity index (χ1v) is 9.92. The average molecular weight is 406 g/mol. The lowest BCUT2D eigenvalue weighted by Gasteiger charge is -2.03. The largest absolute Gasteiger partial charge is 0.353 e. The molecule has 6 rings (SSSR count). The first-order valence-electron chi connectivity index (χ1n) is 9.92. The Morgan fingerprint density at radius 1 is 0.871 bits per heavy atom. The highest BCUT2D eigenvalue weighted by atomic mass is 15.1. The zero-order valence-corrected chi connectivity index (χ0v) is 17.0. The summed E-state index contributed by atoms with van der Waals surface area (Å²) in [6.45, 7) is 1.98. The van der Waals surface area contributed by atoms with Gasteiger partial charge in [0.25, 0.3) is 0 Å². The third kappa shape index (κ3) is 2.72. The number of H-pyrrole nitrogens is 2. The lowest BCUT2D eigenvalue weighted by atomic mass is 10.1. The van der Waals surface area contributed by atoms with Crippen LogP contribution in [0, 0.1) is 6.92 Å². The molecule has 150 valence electrons. The smallest absolute Gasteiger partial charge is 0.135 e. The van der Waals surface area contributed by atoms with Crippen molar-refractivity contribution in [2.24, 2.45) is 7.05 Å². The molecule has 0 radical (unpaired) electrons. The molecule has 0 aliphatic heterocycles. The molecule has 0 amide bonds. The van der Waals surface area contributed by atoms with Crippen LogP contribution in [0.2, 0.25) is 0 Å². The Labute approximate surface area is 177 Å². The number of aromatic nitrogens is 8. The fraction of sp³-hybridized carbons (Fsp3) is 0.0870. The van der Waals surface area contributed by atoms with Crippen molar-refractivity contribution in [2.75, 3.05) is 0 Å². The van der Waals surface area contributed by atoms with Crippen molar-refractivity contribution < 1.29 is 0 Å². The Morgan fingerprint density at radius 2 is 1.81 bits per heavy atom. The quantitative estimate of drug-likeness (QED) is 0.457. The first-order chi connectivity index (χ1) is 15.2. The Kier molecular flexibility index (Phi) is 3.73. The molecule has 0 bridgehead atoms. The Balaban J connectivity index is 1.52. The van der Waals surface area contributed by atoms with Gasteiger partial charge in [-0.25, -0.2) is 9.97 Å². The number of rotatable bonds is 3. The van der Waals surface area contributed by atoms with Crippen LogP contribution in [0.3, 0.4) is 0 Å². The maximum Gasteiger partial charge on any atom is 0.135 e. The van der Waals surface area contributed by atoms with Crippen LogP contribution in [0.25, 0.3) is 56.1 Å². The van der Waals surface area contributed by atoms with E-state index in [4.69, 9.17) is 4.98 Å². The monoisotopic (exact) mass is 406 g/mol. The highest BCUT2D eigenvalue weighted by Crippen LogP contribution is 2.32. The summed E-state index contributed by atoms with van der Waals surface area (Å²) in [6.07, 6.45) is 5.41. The lowest BCUT2D eigenvalue weighted by Crippen LogP contribution is -1.96. The summed E-state index contributed by atoms with van der Waals surface area (Å²) in [5, 5.41) is 8.63. The fourth-order valence-electron chi connectivity index (χ4n) is 3.86. The second kappa shape index (κ2) is 6.60. The summed E-state index contributed by atoms with van der Waals surface area (Å²) in [4.78, 5) is 21.8. The van der Waals surface area contributed by atoms with Gasteiger partial charge in [0.2, 0.25) is 0 Å². The van der Waals surface area contributed by atoms with Crippen molar-refractivity contribution in [3.8, 4) is 34.2 Å². The number of nitrogens with zero attached hydrogens (tertiary/aromatic N) is 6. The predicted octanol–water partition coefficient (Wildman–Crippen LogP) is 4.27. The summed E-state index contributed by atoms with van der Waals surface area (Å²) >= 11 is 0. The summed E-state index contributed by atoms with van der Waals surface area (Å²) in [6, 6.07) is 13.8. The lowest BCUT2D eigenvalue weighted by molar-refractivity contribution is 0.862. The molecule has 2 N–H and O–H groups in total. The number of aryl methyl sites for hydroxylation is 1. The van der Waals surface area contributed by atoms with Gasteiger partial charge in [0, 0.05) is 30.3 Å². The van der Waals surface area contributed by atoms with Crippen molar-refractivity contribution in [1.29, 1.82) is 0 Å². The highest BCUT2D eigenvalue weighted by Gasteiger charge is 2.17. The molecule has 0 unspecified atom stereocenters. The van der Waals surface area contributed by atoms with Crippen LogP contribution < -0.4 is 0 Å². The zero-order chi connectivity index (χ0) is 20.9. The van der Waals surface area contributed by atoms with Crippen LogP contribution in [0.4, 0.5) is 0 Å². The molecule has 0 aromatic carbocycles. The Morgan fingerprint density at radius 3 is 2.61 bits per heavy atom. The summed E-state index contributed by atoms with van der Waals surface area (Å²) in [5.41, 5.74) is 7.76. The highest BCUT2D eigenvalue weighted by molar-refractivity contribution is 5.98. The number of hydrogen-bond acceptors (Lipinski definition) is 5. The third-order valence-electron chi connectivity index (χ3n) is 5.60. The van der Waals surface area contributed by atoms with Gasteiger partial charge in [-0.3, -0.25) is 15.1 Å². The topological polar surface area (TPSA) is 101 Å². The summed E-state index contributed by atoms with van der Waals surface area (Å²) < 4.78 is 2.03. The van der Waals surface area contributed by atoms with E-state index in [1.54, 1.807) is 12.4 Å². The van der Waals surface area contributed by atoms with E-state index >= 15 is 0 Å². The molecular weight excluding hydrogens is 388 g/mol. The minimum Gasteiger partial charge on any atom is -0.353 e. The molecule has 0 atom stereocenters. The van der Waals surface area contributed by atoms with E-state index in [9.17, 15) is 0 Å². The van der Waals surface area contributed by atoms with Crippen molar-refractivity contribution in [1.82, 2.24) is 39.7 Å². The number of hydrogen-bond donors (Lipinski definition) is 2. The van der Waals surface area contributed by atoms with Crippen molar-refractivity contribution in [3.05, 3.63) is 66.9 Å². The van der Waals surface area contributed by atoms with E-state index in [2.05, 4.69) is 36.2 Å². The van der Waals surface area contributed by atoms with E-state index < -0.39 is 0 Å². The molecule has 8 nitrogen and oxygen atoms in total. The maximum atomic E-state index is 4.90. The predicted molar refractivity (Wildman–Crippen MR) is 119 cm³/mol. The number of aromatic amines is 2. The molecule has 6 heterocycles. The van der Waals surface area contributed by atoms with Gasteiger partial charge in [-0.15, -0.1) is 0 Å². The van der Waals surface area contributed by atoms with Crippen LogP contribution in [-0.2, 0) is 7.05 Å². The first kappa shape index (κ1) is 17.5. The fourth-order valence-corrected chi connectivity index (χ4v) is 3.86. The number of pyridine rings is 3. The number of imidazole rings is 1. The van der Waals surface area contributed by atoms with Gasteiger partial charge in [-0.2, -0.15) is 5.10 Å². The molecule has 0 aliphatic carbocycles. The van der Waals surface area contributed by atoms with Gasteiger partial charge in [0.05, 0.1) is 40.2 Å². The minimum atomic E-state index is 0.763. The molecule has 31 heavy (non-hydrogen) atoms. The third-order valence-corrected chi connectivity index (χ3v) is 5.60. The van der Waals surface area contributed by atoms with Gasteiger partial charge in [0.15, 0.2) is 0 Å². The van der Waals surface area contributed by atoms with E-state index in [0.717, 1.165) is 61.9 Å². The van der Waals surface area contributed by atoms with Crippen LogP contribution in [0.5, 0.6) is 0 Å². The van der Waals surface area contributed by atoms with Crippen LogP contribution in [-0.4, -0.2) is 39.7 Å². The Hall–Kier alpha value is -4.33. The van der Waals surface area contributed by atoms with Crippen molar-refractivity contribution in [2.45, 2.75) is 6.92 Å². The second-order valence-electron chi connectivity index (χ2n) is 7.43. The molecule has 6 aromatic heterocycles. The SMILES string of the molecule is Cc1ncc(-c2ccc3[nH]nc(-c4cc5c(-c6ccccn6)nccc5[nH]4)c3n2)n1C. The van der Waals surface area contributed by atoms with Gasteiger partial charge in [-0.1, -0.05) is 6.07 Å². The standard InChI is InChI=1S/C23H18N8/c1-13-26-12-20(31(13)2)16-6-7-18-22(28-16)23(30-29-18)19-11-14-15(27-19)8-10-25-21(14)17-5-3-4-9-24-17/h3-12,27H,1-2H3,(H,29,30). The van der Waals surface area contributed by atoms with E-state index in [1.165, 1.54) is 0 Å².